The fourth-order valence-corrected chi connectivity index (χ4v) is 2.60. The minimum absolute atomic E-state index is 0.0321. The normalized spacial score (nSPS) is 10.5. The Morgan fingerprint density at radius 2 is 2.09 bits per heavy atom. The third-order valence-corrected chi connectivity index (χ3v) is 3.68. The number of carbonyl (C=O) groups is 1. The fourth-order valence-electron chi connectivity index (χ4n) is 1.97. The van der Waals surface area contributed by atoms with Crippen LogP contribution in [0.3, 0.4) is 0 Å². The van der Waals surface area contributed by atoms with E-state index in [-0.39, 0.29) is 18.2 Å². The first kappa shape index (κ1) is 15.2. The highest BCUT2D eigenvalue weighted by Crippen LogP contribution is 2.21. The Morgan fingerprint density at radius 1 is 1.26 bits per heavy atom. The Hall–Kier alpha value is -2.67. The van der Waals surface area contributed by atoms with E-state index < -0.39 is 0 Å². The number of carbonyl (C=O) groups excluding carboxylic acids is 1. The van der Waals surface area contributed by atoms with Crippen LogP contribution in [0.25, 0.3) is 11.5 Å². The molecule has 2 aromatic heterocycles. The van der Waals surface area contributed by atoms with Crippen molar-refractivity contribution in [3.63, 3.8) is 0 Å². The molecule has 0 atom stereocenters. The van der Waals surface area contributed by atoms with Crippen LogP contribution in [0, 0.1) is 0 Å². The molecule has 0 aliphatic heterocycles. The summed E-state index contributed by atoms with van der Waals surface area (Å²) in [5, 5.41) is 14.5. The van der Waals surface area contributed by atoms with Crippen LogP contribution in [0.4, 0.5) is 5.69 Å². The number of aromatic nitrogens is 2. The predicted octanol–water partition coefficient (Wildman–Crippen LogP) is 3.38. The minimum Gasteiger partial charge on any atom is -0.494 e. The maximum Gasteiger partial charge on any atom is 0.248 e. The van der Waals surface area contributed by atoms with E-state index in [1.807, 2.05) is 23.8 Å². The summed E-state index contributed by atoms with van der Waals surface area (Å²) in [5.41, 5.74) is 1.55. The van der Waals surface area contributed by atoms with Crippen LogP contribution in [0.5, 0.6) is 5.75 Å². The zero-order valence-corrected chi connectivity index (χ0v) is 13.3. The van der Waals surface area contributed by atoms with Crippen LogP contribution in [0.15, 0.2) is 45.5 Å². The number of hydrogen-bond donors (Lipinski definition) is 1. The monoisotopic (exact) mass is 329 g/mol. The van der Waals surface area contributed by atoms with Gasteiger partial charge in [0.25, 0.3) is 0 Å². The van der Waals surface area contributed by atoms with E-state index in [4.69, 9.17) is 9.15 Å². The lowest BCUT2D eigenvalue weighted by atomic mass is 10.3. The largest absolute Gasteiger partial charge is 0.494 e. The highest BCUT2D eigenvalue weighted by Gasteiger charge is 2.12. The molecule has 3 aromatic rings. The first-order chi connectivity index (χ1) is 11.2. The zero-order chi connectivity index (χ0) is 16.1. The topological polar surface area (TPSA) is 77.2 Å². The second kappa shape index (κ2) is 7.06. The average molecular weight is 329 g/mol. The molecule has 0 saturated heterocycles. The molecule has 0 spiro atoms. The summed E-state index contributed by atoms with van der Waals surface area (Å²) < 4.78 is 10.8. The molecule has 0 aliphatic carbocycles. The second-order valence-corrected chi connectivity index (χ2v) is 5.48. The van der Waals surface area contributed by atoms with Gasteiger partial charge in [-0.05, 0) is 42.6 Å². The molecule has 0 fully saturated rings. The van der Waals surface area contributed by atoms with Gasteiger partial charge in [-0.15, -0.1) is 10.2 Å². The van der Waals surface area contributed by atoms with Crippen LogP contribution >= 0.6 is 11.3 Å². The number of hydrogen-bond acceptors (Lipinski definition) is 6. The molecule has 3 rings (SSSR count). The third kappa shape index (κ3) is 3.95. The zero-order valence-electron chi connectivity index (χ0n) is 12.5. The Kier molecular flexibility index (Phi) is 4.68. The molecule has 7 heteroatoms. The van der Waals surface area contributed by atoms with Crippen molar-refractivity contribution < 1.29 is 13.9 Å². The summed E-state index contributed by atoms with van der Waals surface area (Å²) in [6.45, 7) is 2.53. The van der Waals surface area contributed by atoms with Crippen molar-refractivity contribution in [2.45, 2.75) is 13.3 Å². The number of nitrogens with one attached hydrogen (secondary N) is 1. The lowest BCUT2D eigenvalue weighted by Gasteiger charge is -2.06. The van der Waals surface area contributed by atoms with E-state index in [2.05, 4.69) is 15.5 Å². The van der Waals surface area contributed by atoms with Gasteiger partial charge in [-0.2, -0.15) is 11.3 Å². The van der Waals surface area contributed by atoms with Gasteiger partial charge in [0, 0.05) is 16.6 Å². The van der Waals surface area contributed by atoms with Gasteiger partial charge in [0.15, 0.2) is 0 Å². The molecule has 6 nitrogen and oxygen atoms in total. The van der Waals surface area contributed by atoms with Gasteiger partial charge >= 0.3 is 0 Å². The lowest BCUT2D eigenvalue weighted by Crippen LogP contribution is -2.14. The molecule has 1 aromatic carbocycles. The van der Waals surface area contributed by atoms with Gasteiger partial charge < -0.3 is 14.5 Å². The number of anilines is 1. The molecule has 0 radical (unpaired) electrons. The molecule has 0 unspecified atom stereocenters. The van der Waals surface area contributed by atoms with E-state index >= 15 is 0 Å². The molecule has 0 bridgehead atoms. The quantitative estimate of drug-likeness (QED) is 0.750. The summed E-state index contributed by atoms with van der Waals surface area (Å²) >= 11 is 1.55. The third-order valence-electron chi connectivity index (χ3n) is 3.00. The standard InChI is InChI=1S/C16H15N3O3S/c1-2-21-13-5-3-12(4-6-13)17-14(20)9-15-18-19-16(22-15)11-7-8-23-10-11/h3-8,10H,2,9H2,1H3,(H,17,20). The molecule has 0 aliphatic rings. The maximum absolute atomic E-state index is 12.0. The molecular weight excluding hydrogens is 314 g/mol. The number of thiophene rings is 1. The Labute approximate surface area is 137 Å². The molecule has 1 amide bonds. The predicted molar refractivity (Wildman–Crippen MR) is 87.6 cm³/mol. The number of amides is 1. The minimum atomic E-state index is -0.213. The van der Waals surface area contributed by atoms with Crippen molar-refractivity contribution in [2.75, 3.05) is 11.9 Å². The second-order valence-electron chi connectivity index (χ2n) is 4.70. The maximum atomic E-state index is 12.0. The summed E-state index contributed by atoms with van der Waals surface area (Å²) in [4.78, 5) is 12.0. The van der Waals surface area contributed by atoms with E-state index in [1.54, 1.807) is 35.6 Å². The van der Waals surface area contributed by atoms with Gasteiger partial charge in [0.1, 0.15) is 12.2 Å². The summed E-state index contributed by atoms with van der Waals surface area (Å²) in [7, 11) is 0. The molecule has 118 valence electrons. The summed E-state index contributed by atoms with van der Waals surface area (Å²) in [6, 6.07) is 9.07. The Balaban J connectivity index is 1.59. The number of benzene rings is 1. The van der Waals surface area contributed by atoms with Crippen molar-refractivity contribution in [3.8, 4) is 17.2 Å². The van der Waals surface area contributed by atoms with Crippen molar-refractivity contribution in [3.05, 3.63) is 47.0 Å². The molecular formula is C16H15N3O3S. The van der Waals surface area contributed by atoms with E-state index in [1.165, 1.54) is 0 Å². The van der Waals surface area contributed by atoms with Crippen LogP contribution in [0.1, 0.15) is 12.8 Å². The highest BCUT2D eigenvalue weighted by molar-refractivity contribution is 7.08. The summed E-state index contributed by atoms with van der Waals surface area (Å²) in [6.07, 6.45) is 0.0321. The fraction of sp³-hybridized carbons (Fsp3) is 0.188. The lowest BCUT2D eigenvalue weighted by molar-refractivity contribution is -0.115. The first-order valence-electron chi connectivity index (χ1n) is 7.12. The summed E-state index contributed by atoms with van der Waals surface area (Å²) in [5.74, 6) is 1.27. The number of rotatable bonds is 6. The van der Waals surface area contributed by atoms with E-state index in [9.17, 15) is 4.79 Å². The van der Waals surface area contributed by atoms with Gasteiger partial charge in [-0.1, -0.05) is 0 Å². The molecule has 2 heterocycles. The molecule has 0 saturated carbocycles. The Bertz CT molecular complexity index is 766. The van der Waals surface area contributed by atoms with E-state index in [0.29, 0.717) is 18.2 Å². The number of nitrogens with zero attached hydrogens (tertiary/aromatic N) is 2. The van der Waals surface area contributed by atoms with Crippen molar-refractivity contribution in [1.82, 2.24) is 10.2 Å². The van der Waals surface area contributed by atoms with Gasteiger partial charge in [-0.3, -0.25) is 4.79 Å². The van der Waals surface area contributed by atoms with Crippen LogP contribution in [0.2, 0.25) is 0 Å². The van der Waals surface area contributed by atoms with Crippen molar-refractivity contribution in [1.29, 1.82) is 0 Å². The van der Waals surface area contributed by atoms with Crippen LogP contribution in [-0.4, -0.2) is 22.7 Å². The average Bonchev–Trinajstić information content (AvgIpc) is 3.20. The number of ether oxygens (including phenoxy) is 1. The SMILES string of the molecule is CCOc1ccc(NC(=O)Cc2nnc(-c3ccsc3)o2)cc1. The Morgan fingerprint density at radius 3 is 2.78 bits per heavy atom. The molecule has 23 heavy (non-hydrogen) atoms. The van der Waals surface area contributed by atoms with Gasteiger partial charge in [0.2, 0.25) is 17.7 Å². The van der Waals surface area contributed by atoms with Crippen molar-refractivity contribution >= 4 is 22.9 Å². The highest BCUT2D eigenvalue weighted by atomic mass is 32.1. The van der Waals surface area contributed by atoms with E-state index in [0.717, 1.165) is 11.3 Å². The van der Waals surface area contributed by atoms with Gasteiger partial charge in [0.05, 0.1) is 6.61 Å². The van der Waals surface area contributed by atoms with Gasteiger partial charge in [-0.25, -0.2) is 0 Å². The smallest absolute Gasteiger partial charge is 0.248 e. The van der Waals surface area contributed by atoms with Crippen LogP contribution in [-0.2, 0) is 11.2 Å². The first-order valence-corrected chi connectivity index (χ1v) is 8.06. The van der Waals surface area contributed by atoms with Crippen molar-refractivity contribution in [2.24, 2.45) is 0 Å². The molecule has 1 N–H and O–H groups in total. The van der Waals surface area contributed by atoms with Crippen LogP contribution < -0.4 is 10.1 Å².